The van der Waals surface area contributed by atoms with Gasteiger partial charge >= 0.3 is 5.97 Å². The van der Waals surface area contributed by atoms with Gasteiger partial charge in [0.15, 0.2) is 0 Å². The fourth-order valence-electron chi connectivity index (χ4n) is 0.912. The first-order valence-corrected chi connectivity index (χ1v) is 4.36. The lowest BCUT2D eigenvalue weighted by Gasteiger charge is -2.04. The summed E-state index contributed by atoms with van der Waals surface area (Å²) in [4.78, 5) is 11.4. The second-order valence-corrected chi connectivity index (χ2v) is 3.03. The molecule has 2 N–H and O–H groups in total. The normalized spacial score (nSPS) is 9.50. The van der Waals surface area contributed by atoms with Gasteiger partial charge in [-0.05, 0) is 18.2 Å². The minimum atomic E-state index is -0.498. The van der Waals surface area contributed by atoms with Crippen LogP contribution in [-0.4, -0.2) is 12.6 Å². The predicted octanol–water partition coefficient (Wildman–Crippen LogP) is 2.27. The van der Waals surface area contributed by atoms with E-state index in [2.05, 4.69) is 6.58 Å². The van der Waals surface area contributed by atoms with E-state index in [1.807, 2.05) is 0 Å². The van der Waals surface area contributed by atoms with Gasteiger partial charge in [-0.2, -0.15) is 0 Å². The fraction of sp³-hybridized carbons (Fsp3) is 0.100. The molecular weight excluding hydrogens is 202 g/mol. The van der Waals surface area contributed by atoms with Crippen LogP contribution in [0, 0.1) is 0 Å². The van der Waals surface area contributed by atoms with Crippen molar-refractivity contribution < 1.29 is 9.53 Å². The van der Waals surface area contributed by atoms with Gasteiger partial charge in [0.25, 0.3) is 0 Å². The van der Waals surface area contributed by atoms with Gasteiger partial charge in [-0.1, -0.05) is 24.3 Å². The zero-order valence-electron chi connectivity index (χ0n) is 7.50. The first-order valence-electron chi connectivity index (χ1n) is 3.98. The zero-order chi connectivity index (χ0) is 10.6. The molecule has 0 spiro atoms. The number of ether oxygens (including phenoxy) is 1. The van der Waals surface area contributed by atoms with Gasteiger partial charge in [0.2, 0.25) is 0 Å². The molecule has 0 saturated heterocycles. The lowest BCUT2D eigenvalue weighted by Crippen LogP contribution is -2.06. The highest BCUT2D eigenvalue weighted by Crippen LogP contribution is 2.19. The third-order valence-corrected chi connectivity index (χ3v) is 1.87. The van der Waals surface area contributed by atoms with Crippen molar-refractivity contribution >= 4 is 23.3 Å². The first kappa shape index (κ1) is 10.6. The Kier molecular flexibility index (Phi) is 3.54. The summed E-state index contributed by atoms with van der Waals surface area (Å²) in [6, 6.07) is 4.65. The van der Waals surface area contributed by atoms with Crippen molar-refractivity contribution in [3.05, 3.63) is 41.4 Å². The van der Waals surface area contributed by atoms with E-state index in [-0.39, 0.29) is 12.2 Å². The molecule has 0 unspecified atom stereocenters. The lowest BCUT2D eigenvalue weighted by atomic mass is 10.2. The average Bonchev–Trinajstić information content (AvgIpc) is 2.18. The highest BCUT2D eigenvalue weighted by Gasteiger charge is 2.11. The third kappa shape index (κ3) is 2.50. The Labute approximate surface area is 87.1 Å². The van der Waals surface area contributed by atoms with Crippen LogP contribution in [0.25, 0.3) is 0 Å². The largest absolute Gasteiger partial charge is 0.458 e. The Balaban J connectivity index is 2.88. The van der Waals surface area contributed by atoms with Gasteiger partial charge in [0.05, 0.1) is 10.6 Å². The summed E-state index contributed by atoms with van der Waals surface area (Å²) in [5.74, 6) is -0.498. The van der Waals surface area contributed by atoms with Gasteiger partial charge in [0.1, 0.15) is 6.61 Å². The van der Waals surface area contributed by atoms with Gasteiger partial charge in [-0.3, -0.25) is 0 Å². The van der Waals surface area contributed by atoms with Crippen LogP contribution in [0.1, 0.15) is 10.4 Å². The SMILES string of the molecule is C=CCOC(=O)c1cc(N)ccc1Cl. The molecule has 0 atom stereocenters. The Morgan fingerprint density at radius 3 is 3.00 bits per heavy atom. The number of rotatable bonds is 3. The number of halogens is 1. The molecule has 1 aromatic carbocycles. The topological polar surface area (TPSA) is 52.3 Å². The van der Waals surface area contributed by atoms with E-state index in [0.29, 0.717) is 10.7 Å². The fourth-order valence-corrected chi connectivity index (χ4v) is 1.11. The van der Waals surface area contributed by atoms with Crippen molar-refractivity contribution in [3.63, 3.8) is 0 Å². The molecule has 0 aliphatic rings. The summed E-state index contributed by atoms with van der Waals surface area (Å²) in [6.45, 7) is 3.59. The van der Waals surface area contributed by atoms with E-state index < -0.39 is 5.97 Å². The minimum Gasteiger partial charge on any atom is -0.458 e. The van der Waals surface area contributed by atoms with Gasteiger partial charge in [-0.15, -0.1) is 0 Å². The van der Waals surface area contributed by atoms with Crippen molar-refractivity contribution in [1.82, 2.24) is 0 Å². The Morgan fingerprint density at radius 2 is 2.36 bits per heavy atom. The standard InChI is InChI=1S/C10H10ClNO2/c1-2-5-14-10(13)8-6-7(12)3-4-9(8)11/h2-4,6H,1,5,12H2. The molecule has 74 valence electrons. The van der Waals surface area contributed by atoms with Crippen molar-refractivity contribution in [2.75, 3.05) is 12.3 Å². The molecule has 4 heteroatoms. The monoisotopic (exact) mass is 211 g/mol. The number of carbonyl (C=O) groups is 1. The number of nitrogen functional groups attached to an aromatic ring is 1. The summed E-state index contributed by atoms with van der Waals surface area (Å²) in [5.41, 5.74) is 6.25. The highest BCUT2D eigenvalue weighted by atomic mass is 35.5. The van der Waals surface area contributed by atoms with Crippen LogP contribution in [0.5, 0.6) is 0 Å². The second kappa shape index (κ2) is 4.67. The summed E-state index contributed by atoms with van der Waals surface area (Å²) in [6.07, 6.45) is 1.48. The first-order chi connectivity index (χ1) is 6.65. The van der Waals surface area contributed by atoms with Crippen LogP contribution in [0.4, 0.5) is 5.69 Å². The summed E-state index contributed by atoms with van der Waals surface area (Å²) >= 11 is 5.79. The van der Waals surface area contributed by atoms with E-state index in [1.54, 1.807) is 12.1 Å². The second-order valence-electron chi connectivity index (χ2n) is 2.63. The highest BCUT2D eigenvalue weighted by molar-refractivity contribution is 6.33. The molecule has 0 aliphatic carbocycles. The third-order valence-electron chi connectivity index (χ3n) is 1.54. The zero-order valence-corrected chi connectivity index (χ0v) is 8.25. The minimum absolute atomic E-state index is 0.157. The van der Waals surface area contributed by atoms with Crippen LogP contribution in [0.3, 0.4) is 0 Å². The molecule has 0 fully saturated rings. The maximum absolute atomic E-state index is 11.4. The van der Waals surface area contributed by atoms with Crippen LogP contribution < -0.4 is 5.73 Å². The van der Waals surface area contributed by atoms with Crippen LogP contribution in [0.2, 0.25) is 5.02 Å². The molecule has 1 aromatic rings. The number of hydrogen-bond donors (Lipinski definition) is 1. The molecule has 0 saturated carbocycles. The molecule has 0 aliphatic heterocycles. The maximum Gasteiger partial charge on any atom is 0.340 e. The quantitative estimate of drug-likeness (QED) is 0.474. The average molecular weight is 212 g/mol. The Morgan fingerprint density at radius 1 is 1.64 bits per heavy atom. The number of anilines is 1. The summed E-state index contributed by atoms with van der Waals surface area (Å²) < 4.78 is 4.82. The van der Waals surface area contributed by atoms with Crippen LogP contribution >= 0.6 is 11.6 Å². The lowest BCUT2D eigenvalue weighted by molar-refractivity contribution is 0.0550. The van der Waals surface area contributed by atoms with Crippen molar-refractivity contribution in [2.24, 2.45) is 0 Å². The van der Waals surface area contributed by atoms with E-state index >= 15 is 0 Å². The van der Waals surface area contributed by atoms with E-state index in [0.717, 1.165) is 0 Å². The van der Waals surface area contributed by atoms with E-state index in [4.69, 9.17) is 22.1 Å². The van der Waals surface area contributed by atoms with Crippen molar-refractivity contribution in [2.45, 2.75) is 0 Å². The number of hydrogen-bond acceptors (Lipinski definition) is 3. The number of benzene rings is 1. The molecule has 1 rings (SSSR count). The number of nitrogens with two attached hydrogens (primary N) is 1. The van der Waals surface area contributed by atoms with Gasteiger partial charge < -0.3 is 10.5 Å². The number of carbonyl (C=O) groups excluding carboxylic acids is 1. The van der Waals surface area contributed by atoms with Crippen LogP contribution in [-0.2, 0) is 4.74 Å². The predicted molar refractivity (Wildman–Crippen MR) is 56.3 cm³/mol. The molecule has 0 amide bonds. The number of esters is 1. The summed E-state index contributed by atoms with van der Waals surface area (Å²) in [5, 5.41) is 0.327. The van der Waals surface area contributed by atoms with Gasteiger partial charge in [-0.25, -0.2) is 4.79 Å². The van der Waals surface area contributed by atoms with Crippen LogP contribution in [0.15, 0.2) is 30.9 Å². The van der Waals surface area contributed by atoms with Crippen molar-refractivity contribution in [3.8, 4) is 0 Å². The van der Waals surface area contributed by atoms with Gasteiger partial charge in [0, 0.05) is 5.69 Å². The molecule has 0 bridgehead atoms. The smallest absolute Gasteiger partial charge is 0.340 e. The Hall–Kier alpha value is -1.48. The maximum atomic E-state index is 11.4. The van der Waals surface area contributed by atoms with Crippen molar-refractivity contribution in [1.29, 1.82) is 0 Å². The molecule has 14 heavy (non-hydrogen) atoms. The Bertz CT molecular complexity index is 363. The molecular formula is C10H10ClNO2. The molecule has 3 nitrogen and oxygen atoms in total. The molecule has 0 radical (unpaired) electrons. The molecule has 0 heterocycles. The van der Waals surface area contributed by atoms with E-state index in [9.17, 15) is 4.79 Å². The summed E-state index contributed by atoms with van der Waals surface area (Å²) in [7, 11) is 0. The molecule has 0 aromatic heterocycles. The van der Waals surface area contributed by atoms with E-state index in [1.165, 1.54) is 12.1 Å².